The molecule has 0 saturated carbocycles. The van der Waals surface area contributed by atoms with E-state index >= 15 is 0 Å². The standard InChI is InChI=1S/C26H33N3O/c1-2-3-4-8-21-10-12-23(13-11-21)26-24-19-28(18-22-9-7-14-27-17-22)15-5-6-16-29(24)25(26)20-30/h7,9-14,17,24-26,30H,2-3,5-6,15-16,18-20H2,1H3/t24-,25-,26-/m0/s1. The maximum absolute atomic E-state index is 10.1. The van der Waals surface area contributed by atoms with Gasteiger partial charge in [-0.25, -0.2) is 0 Å². The highest BCUT2D eigenvalue weighted by Crippen LogP contribution is 2.42. The monoisotopic (exact) mass is 403 g/mol. The minimum Gasteiger partial charge on any atom is -0.395 e. The Kier molecular flexibility index (Phi) is 7.17. The fraction of sp³-hybridized carbons (Fsp3) is 0.500. The molecule has 2 aliphatic rings. The molecule has 2 aliphatic heterocycles. The zero-order chi connectivity index (χ0) is 20.8. The van der Waals surface area contributed by atoms with Gasteiger partial charge < -0.3 is 5.11 Å². The number of aliphatic hydroxyl groups excluding tert-OH is 1. The molecule has 1 aromatic heterocycles. The number of hydrogen-bond donors (Lipinski definition) is 1. The first-order valence-corrected chi connectivity index (χ1v) is 11.4. The second kappa shape index (κ2) is 10.2. The molecule has 2 saturated heterocycles. The Bertz CT molecular complexity index is 855. The van der Waals surface area contributed by atoms with Gasteiger partial charge in [0.05, 0.1) is 6.61 Å². The molecular weight excluding hydrogens is 370 g/mol. The first-order chi connectivity index (χ1) is 14.8. The third kappa shape index (κ3) is 4.75. The van der Waals surface area contributed by atoms with Crippen LogP contribution in [-0.2, 0) is 6.54 Å². The number of rotatable bonds is 5. The summed E-state index contributed by atoms with van der Waals surface area (Å²) in [5.41, 5.74) is 3.69. The van der Waals surface area contributed by atoms with Crippen LogP contribution in [0.25, 0.3) is 0 Å². The van der Waals surface area contributed by atoms with Gasteiger partial charge in [0.2, 0.25) is 0 Å². The van der Waals surface area contributed by atoms with E-state index in [0.717, 1.165) is 44.6 Å². The number of aliphatic hydroxyl groups is 1. The van der Waals surface area contributed by atoms with Gasteiger partial charge in [0.15, 0.2) is 0 Å². The average Bonchev–Trinajstić information content (AvgIpc) is 2.76. The summed E-state index contributed by atoms with van der Waals surface area (Å²) in [5, 5.41) is 10.1. The van der Waals surface area contributed by atoms with Crippen LogP contribution in [0.1, 0.15) is 55.2 Å². The predicted molar refractivity (Wildman–Crippen MR) is 121 cm³/mol. The van der Waals surface area contributed by atoms with Crippen LogP contribution >= 0.6 is 0 Å². The van der Waals surface area contributed by atoms with Crippen molar-refractivity contribution < 1.29 is 5.11 Å². The summed E-state index contributed by atoms with van der Waals surface area (Å²) in [5.74, 6) is 6.86. The number of aromatic nitrogens is 1. The van der Waals surface area contributed by atoms with Crippen LogP contribution in [0.15, 0.2) is 48.8 Å². The van der Waals surface area contributed by atoms with E-state index in [1.807, 2.05) is 18.5 Å². The van der Waals surface area contributed by atoms with Gasteiger partial charge in [0.25, 0.3) is 0 Å². The van der Waals surface area contributed by atoms with E-state index in [-0.39, 0.29) is 12.6 Å². The van der Waals surface area contributed by atoms with Gasteiger partial charge in [-0.1, -0.05) is 37.0 Å². The molecule has 4 rings (SSSR count). The topological polar surface area (TPSA) is 39.6 Å². The summed E-state index contributed by atoms with van der Waals surface area (Å²) in [4.78, 5) is 9.39. The number of nitrogens with zero attached hydrogens (tertiary/aromatic N) is 3. The molecule has 0 unspecified atom stereocenters. The van der Waals surface area contributed by atoms with E-state index in [2.05, 4.69) is 63.9 Å². The molecular formula is C26H33N3O. The SMILES string of the molecule is CCCC#Cc1ccc([C@@H]2[C@H](CO)N3CCCCN(Cc4cccnc4)C[C@@H]23)cc1. The molecule has 0 radical (unpaired) electrons. The van der Waals surface area contributed by atoms with Crippen LogP contribution in [-0.4, -0.2) is 58.2 Å². The van der Waals surface area contributed by atoms with Crippen LogP contribution < -0.4 is 0 Å². The lowest BCUT2D eigenvalue weighted by atomic mass is 9.74. The van der Waals surface area contributed by atoms with Crippen molar-refractivity contribution in [2.75, 3.05) is 26.2 Å². The fourth-order valence-corrected chi connectivity index (χ4v) is 4.98. The largest absolute Gasteiger partial charge is 0.395 e. The normalized spacial score (nSPS) is 24.7. The second-order valence-corrected chi connectivity index (χ2v) is 8.56. The molecule has 1 N–H and O–H groups in total. The zero-order valence-electron chi connectivity index (χ0n) is 18.0. The first kappa shape index (κ1) is 21.1. The molecule has 2 fully saturated rings. The van der Waals surface area contributed by atoms with E-state index in [0.29, 0.717) is 12.0 Å². The molecule has 4 heteroatoms. The van der Waals surface area contributed by atoms with E-state index in [1.54, 1.807) is 0 Å². The molecule has 2 aromatic rings. The highest BCUT2D eigenvalue weighted by atomic mass is 16.3. The molecule has 3 heterocycles. The highest BCUT2D eigenvalue weighted by molar-refractivity contribution is 5.39. The minimum atomic E-state index is 0.224. The van der Waals surface area contributed by atoms with Crippen molar-refractivity contribution in [3.63, 3.8) is 0 Å². The third-order valence-corrected chi connectivity index (χ3v) is 6.49. The summed E-state index contributed by atoms with van der Waals surface area (Å²) >= 11 is 0. The number of unbranched alkanes of at least 4 members (excludes halogenated alkanes) is 1. The van der Waals surface area contributed by atoms with E-state index in [1.165, 1.54) is 24.0 Å². The number of hydrogen-bond acceptors (Lipinski definition) is 4. The van der Waals surface area contributed by atoms with Gasteiger partial charge >= 0.3 is 0 Å². The summed E-state index contributed by atoms with van der Waals surface area (Å²) in [7, 11) is 0. The molecule has 158 valence electrons. The Morgan fingerprint density at radius 2 is 1.97 bits per heavy atom. The molecule has 30 heavy (non-hydrogen) atoms. The number of benzene rings is 1. The summed E-state index contributed by atoms with van der Waals surface area (Å²) in [6.07, 6.45) is 8.25. The van der Waals surface area contributed by atoms with Gasteiger partial charge in [0, 0.05) is 55.5 Å². The third-order valence-electron chi connectivity index (χ3n) is 6.49. The number of fused-ring (bicyclic) bond motifs is 1. The zero-order valence-corrected chi connectivity index (χ0v) is 18.0. The molecule has 0 bridgehead atoms. The van der Waals surface area contributed by atoms with Crippen molar-refractivity contribution in [2.24, 2.45) is 0 Å². The Morgan fingerprint density at radius 3 is 2.70 bits per heavy atom. The van der Waals surface area contributed by atoms with Crippen LogP contribution in [0.3, 0.4) is 0 Å². The van der Waals surface area contributed by atoms with Crippen molar-refractivity contribution in [2.45, 2.75) is 57.2 Å². The van der Waals surface area contributed by atoms with E-state index < -0.39 is 0 Å². The maximum Gasteiger partial charge on any atom is 0.0593 e. The van der Waals surface area contributed by atoms with Gasteiger partial charge in [-0.3, -0.25) is 14.8 Å². The van der Waals surface area contributed by atoms with E-state index in [4.69, 9.17) is 0 Å². The van der Waals surface area contributed by atoms with Crippen molar-refractivity contribution in [1.29, 1.82) is 0 Å². The molecule has 1 aromatic carbocycles. The Balaban J connectivity index is 1.50. The number of pyridine rings is 1. The average molecular weight is 404 g/mol. The van der Waals surface area contributed by atoms with Crippen LogP contribution in [0.4, 0.5) is 0 Å². The van der Waals surface area contributed by atoms with Crippen molar-refractivity contribution in [3.8, 4) is 11.8 Å². The highest BCUT2D eigenvalue weighted by Gasteiger charge is 2.48. The lowest BCUT2D eigenvalue weighted by Crippen LogP contribution is -2.67. The molecule has 3 atom stereocenters. The van der Waals surface area contributed by atoms with Crippen LogP contribution in [0.5, 0.6) is 0 Å². The van der Waals surface area contributed by atoms with Gasteiger partial charge in [-0.05, 0) is 61.7 Å². The minimum absolute atomic E-state index is 0.224. The second-order valence-electron chi connectivity index (χ2n) is 8.56. The molecule has 0 aliphatic carbocycles. The Morgan fingerprint density at radius 1 is 1.13 bits per heavy atom. The quantitative estimate of drug-likeness (QED) is 0.774. The van der Waals surface area contributed by atoms with Crippen molar-refractivity contribution in [3.05, 3.63) is 65.5 Å². The summed E-state index contributed by atoms with van der Waals surface area (Å²) < 4.78 is 0. The van der Waals surface area contributed by atoms with E-state index in [9.17, 15) is 5.11 Å². The summed E-state index contributed by atoms with van der Waals surface area (Å²) in [6, 6.07) is 13.6. The van der Waals surface area contributed by atoms with Crippen molar-refractivity contribution in [1.82, 2.24) is 14.8 Å². The molecule has 0 spiro atoms. The summed E-state index contributed by atoms with van der Waals surface area (Å²) in [6.45, 7) is 6.58. The maximum atomic E-state index is 10.1. The van der Waals surface area contributed by atoms with Gasteiger partial charge in [-0.2, -0.15) is 0 Å². The predicted octanol–water partition coefficient (Wildman–Crippen LogP) is 3.66. The van der Waals surface area contributed by atoms with Crippen LogP contribution in [0.2, 0.25) is 0 Å². The van der Waals surface area contributed by atoms with Gasteiger partial charge in [-0.15, -0.1) is 0 Å². The van der Waals surface area contributed by atoms with Crippen LogP contribution in [0, 0.1) is 11.8 Å². The smallest absolute Gasteiger partial charge is 0.0593 e. The lowest BCUT2D eigenvalue weighted by Gasteiger charge is -2.57. The fourth-order valence-electron chi connectivity index (χ4n) is 4.98. The Labute approximate surface area is 180 Å². The first-order valence-electron chi connectivity index (χ1n) is 11.4. The lowest BCUT2D eigenvalue weighted by molar-refractivity contribution is -0.0655. The Hall–Kier alpha value is -2.19. The molecule has 0 amide bonds. The van der Waals surface area contributed by atoms with Gasteiger partial charge in [0.1, 0.15) is 0 Å². The van der Waals surface area contributed by atoms with Crippen molar-refractivity contribution >= 4 is 0 Å². The molecule has 4 nitrogen and oxygen atoms in total.